The number of halogens is 1. The fourth-order valence-electron chi connectivity index (χ4n) is 2.95. The number of ether oxygens (including phenoxy) is 1. The van der Waals surface area contributed by atoms with Crippen LogP contribution in [0.2, 0.25) is 0 Å². The standard InChI is InChI=1S/C23H18BrN3O4S/c1-30-20-11-15(7-8-19(20)28)12-21-22(29)27(14-18-6-3-9-31-18)23(32-21)26-25-13-16-4-2-5-17(24)10-16/h2-13,28H,14H2,1H3/b21-12-,25-13+,26-23-. The van der Waals surface area contributed by atoms with E-state index in [0.29, 0.717) is 27.1 Å². The number of hydrogen-bond acceptors (Lipinski definition) is 7. The summed E-state index contributed by atoms with van der Waals surface area (Å²) in [5, 5.41) is 18.7. The second-order valence-electron chi connectivity index (χ2n) is 6.69. The molecule has 0 saturated carbocycles. The molecule has 1 N–H and O–H groups in total. The monoisotopic (exact) mass is 511 g/mol. The molecule has 32 heavy (non-hydrogen) atoms. The molecule has 1 amide bonds. The average Bonchev–Trinajstić information content (AvgIpc) is 3.39. The van der Waals surface area contributed by atoms with Crippen molar-refractivity contribution in [3.8, 4) is 11.5 Å². The molecule has 2 aromatic carbocycles. The van der Waals surface area contributed by atoms with Gasteiger partial charge in [0, 0.05) is 4.47 Å². The van der Waals surface area contributed by atoms with Crippen LogP contribution in [0.15, 0.2) is 84.9 Å². The van der Waals surface area contributed by atoms with Crippen LogP contribution in [-0.2, 0) is 11.3 Å². The van der Waals surface area contributed by atoms with E-state index in [-0.39, 0.29) is 18.2 Å². The number of nitrogens with zero attached hydrogens (tertiary/aromatic N) is 3. The first-order valence-corrected chi connectivity index (χ1v) is 11.1. The Kier molecular flexibility index (Phi) is 6.77. The minimum atomic E-state index is -0.213. The van der Waals surface area contributed by atoms with Crippen molar-refractivity contribution in [2.24, 2.45) is 10.2 Å². The van der Waals surface area contributed by atoms with Gasteiger partial charge >= 0.3 is 0 Å². The molecule has 1 saturated heterocycles. The van der Waals surface area contributed by atoms with E-state index < -0.39 is 0 Å². The first-order valence-electron chi connectivity index (χ1n) is 9.51. The lowest BCUT2D eigenvalue weighted by molar-refractivity contribution is -0.122. The fourth-order valence-corrected chi connectivity index (χ4v) is 4.30. The smallest absolute Gasteiger partial charge is 0.267 e. The van der Waals surface area contributed by atoms with Gasteiger partial charge < -0.3 is 14.3 Å². The number of thioether (sulfide) groups is 1. The Hall–Kier alpha value is -3.30. The minimum Gasteiger partial charge on any atom is -0.504 e. The van der Waals surface area contributed by atoms with Crippen molar-refractivity contribution >= 4 is 51.1 Å². The summed E-state index contributed by atoms with van der Waals surface area (Å²) in [6.07, 6.45) is 4.91. The highest BCUT2D eigenvalue weighted by atomic mass is 79.9. The van der Waals surface area contributed by atoms with Crippen LogP contribution in [0.1, 0.15) is 16.9 Å². The third kappa shape index (κ3) is 5.12. The van der Waals surface area contributed by atoms with Crippen LogP contribution in [0.5, 0.6) is 11.5 Å². The molecule has 0 unspecified atom stereocenters. The quantitative estimate of drug-likeness (QED) is 0.277. The Balaban J connectivity index is 1.63. The Morgan fingerprint density at radius 1 is 1.19 bits per heavy atom. The molecule has 1 fully saturated rings. The van der Waals surface area contributed by atoms with Crippen LogP contribution in [0.4, 0.5) is 0 Å². The van der Waals surface area contributed by atoms with Gasteiger partial charge in [-0.3, -0.25) is 9.69 Å². The van der Waals surface area contributed by atoms with Gasteiger partial charge in [-0.1, -0.05) is 34.1 Å². The van der Waals surface area contributed by atoms with E-state index in [9.17, 15) is 9.90 Å². The number of hydrogen-bond donors (Lipinski definition) is 1. The van der Waals surface area contributed by atoms with Gasteiger partial charge in [-0.2, -0.15) is 5.10 Å². The normalized spacial score (nSPS) is 16.6. The summed E-state index contributed by atoms with van der Waals surface area (Å²) >= 11 is 4.65. The van der Waals surface area contributed by atoms with E-state index >= 15 is 0 Å². The largest absolute Gasteiger partial charge is 0.504 e. The van der Waals surface area contributed by atoms with E-state index in [1.807, 2.05) is 24.3 Å². The zero-order chi connectivity index (χ0) is 22.5. The van der Waals surface area contributed by atoms with E-state index in [0.717, 1.165) is 10.0 Å². The summed E-state index contributed by atoms with van der Waals surface area (Å²) in [7, 11) is 1.47. The summed E-state index contributed by atoms with van der Waals surface area (Å²) in [6, 6.07) is 16.1. The van der Waals surface area contributed by atoms with E-state index in [4.69, 9.17) is 9.15 Å². The summed E-state index contributed by atoms with van der Waals surface area (Å²) in [6.45, 7) is 0.236. The molecule has 3 aromatic rings. The van der Waals surface area contributed by atoms with Crippen molar-refractivity contribution < 1.29 is 19.1 Å². The molecule has 1 aliphatic rings. The zero-order valence-electron chi connectivity index (χ0n) is 16.9. The third-order valence-corrected chi connectivity index (χ3v) is 5.97. The molecular weight excluding hydrogens is 494 g/mol. The number of furan rings is 1. The molecule has 2 heterocycles. The van der Waals surface area contributed by atoms with E-state index in [1.54, 1.807) is 42.8 Å². The molecule has 7 nitrogen and oxygen atoms in total. The van der Waals surface area contributed by atoms with Gasteiger partial charge in [-0.25, -0.2) is 0 Å². The number of amides is 1. The van der Waals surface area contributed by atoms with Crippen LogP contribution in [-0.4, -0.2) is 34.4 Å². The molecule has 1 aliphatic heterocycles. The summed E-state index contributed by atoms with van der Waals surface area (Å²) < 4.78 is 11.5. The molecule has 1 aromatic heterocycles. The highest BCUT2D eigenvalue weighted by molar-refractivity contribution is 9.10. The molecule has 9 heteroatoms. The second kappa shape index (κ2) is 9.88. The lowest BCUT2D eigenvalue weighted by Gasteiger charge is -2.12. The Morgan fingerprint density at radius 3 is 2.81 bits per heavy atom. The van der Waals surface area contributed by atoms with Crippen molar-refractivity contribution in [1.82, 2.24) is 4.90 Å². The van der Waals surface area contributed by atoms with Crippen LogP contribution in [0.25, 0.3) is 6.08 Å². The molecule has 0 bridgehead atoms. The number of phenols is 1. The molecule has 0 spiro atoms. The van der Waals surface area contributed by atoms with Crippen LogP contribution >= 0.6 is 27.7 Å². The van der Waals surface area contributed by atoms with E-state index in [2.05, 4.69) is 26.1 Å². The van der Waals surface area contributed by atoms with Crippen molar-refractivity contribution in [2.75, 3.05) is 7.11 Å². The van der Waals surface area contributed by atoms with Gasteiger partial charge in [0.2, 0.25) is 0 Å². The lowest BCUT2D eigenvalue weighted by atomic mass is 10.2. The number of amidine groups is 1. The Morgan fingerprint density at radius 2 is 2.06 bits per heavy atom. The van der Waals surface area contributed by atoms with Crippen LogP contribution < -0.4 is 4.74 Å². The number of methoxy groups -OCH3 is 1. The van der Waals surface area contributed by atoms with Gasteiger partial charge in [0.15, 0.2) is 16.7 Å². The second-order valence-corrected chi connectivity index (χ2v) is 8.62. The van der Waals surface area contributed by atoms with Crippen molar-refractivity contribution in [1.29, 1.82) is 0 Å². The number of benzene rings is 2. The highest BCUT2D eigenvalue weighted by Crippen LogP contribution is 2.35. The summed E-state index contributed by atoms with van der Waals surface area (Å²) in [5.74, 6) is 0.781. The van der Waals surface area contributed by atoms with Crippen LogP contribution in [0, 0.1) is 0 Å². The summed E-state index contributed by atoms with van der Waals surface area (Å²) in [5.41, 5.74) is 1.59. The number of rotatable bonds is 6. The molecule has 4 rings (SSSR count). The van der Waals surface area contributed by atoms with Gasteiger partial charge in [0.05, 0.1) is 31.0 Å². The molecule has 162 valence electrons. The first kappa shape index (κ1) is 21.9. The Labute approximate surface area is 197 Å². The topological polar surface area (TPSA) is 87.6 Å². The predicted octanol–water partition coefficient (Wildman–Crippen LogP) is 5.26. The van der Waals surface area contributed by atoms with Gasteiger partial charge in [-0.15, -0.1) is 5.10 Å². The third-order valence-electron chi connectivity index (χ3n) is 4.48. The van der Waals surface area contributed by atoms with E-state index in [1.165, 1.54) is 29.8 Å². The number of carbonyl (C=O) groups excluding carboxylic acids is 1. The SMILES string of the molecule is COc1cc(/C=C2\S/C(=N\N=C\c3cccc(Br)c3)N(Cc3ccco3)C2=O)ccc1O. The number of carbonyl (C=O) groups is 1. The van der Waals surface area contributed by atoms with Crippen molar-refractivity contribution in [3.05, 3.63) is 87.1 Å². The fraction of sp³-hybridized carbons (Fsp3) is 0.0870. The summed E-state index contributed by atoms with van der Waals surface area (Å²) in [4.78, 5) is 15.1. The maximum atomic E-state index is 13.1. The molecule has 0 atom stereocenters. The molecule has 0 aliphatic carbocycles. The molecular formula is C23H18BrN3O4S. The predicted molar refractivity (Wildman–Crippen MR) is 129 cm³/mol. The number of phenolic OH excluding ortho intramolecular Hbond substituents is 1. The highest BCUT2D eigenvalue weighted by Gasteiger charge is 2.34. The number of aromatic hydroxyl groups is 1. The Bertz CT molecular complexity index is 1220. The van der Waals surface area contributed by atoms with Gasteiger partial charge in [0.1, 0.15) is 5.76 Å². The maximum Gasteiger partial charge on any atom is 0.267 e. The molecule has 0 radical (unpaired) electrons. The average molecular weight is 512 g/mol. The van der Waals surface area contributed by atoms with Crippen LogP contribution in [0.3, 0.4) is 0 Å². The van der Waals surface area contributed by atoms with Crippen molar-refractivity contribution in [2.45, 2.75) is 6.54 Å². The first-order chi connectivity index (χ1) is 15.5. The maximum absolute atomic E-state index is 13.1. The van der Waals surface area contributed by atoms with Crippen molar-refractivity contribution in [3.63, 3.8) is 0 Å². The van der Waals surface area contributed by atoms with Gasteiger partial charge in [0.25, 0.3) is 5.91 Å². The lowest BCUT2D eigenvalue weighted by Crippen LogP contribution is -2.28. The van der Waals surface area contributed by atoms with Gasteiger partial charge in [-0.05, 0) is 65.4 Å². The zero-order valence-corrected chi connectivity index (χ0v) is 19.3. The minimum absolute atomic E-state index is 0.0311.